The number of carbonyl (C=O) groups is 1. The van der Waals surface area contributed by atoms with Gasteiger partial charge in [-0.15, -0.1) is 0 Å². The Morgan fingerprint density at radius 2 is 1.19 bits per heavy atom. The van der Waals surface area contributed by atoms with Gasteiger partial charge in [-0.1, -0.05) is 97.3 Å². The summed E-state index contributed by atoms with van der Waals surface area (Å²) < 4.78 is 6.01. The molecule has 1 rings (SSSR count). The van der Waals surface area contributed by atoms with Crippen molar-refractivity contribution in [3.63, 3.8) is 0 Å². The highest BCUT2D eigenvalue weighted by Gasteiger charge is 2.25. The van der Waals surface area contributed by atoms with Crippen LogP contribution in [0.3, 0.4) is 0 Å². The van der Waals surface area contributed by atoms with Gasteiger partial charge < -0.3 is 4.74 Å². The van der Waals surface area contributed by atoms with Crippen molar-refractivity contribution >= 4 is 5.97 Å². The third kappa shape index (κ3) is 12.0. The van der Waals surface area contributed by atoms with Gasteiger partial charge in [0, 0.05) is 0 Å². The molecule has 0 spiro atoms. The van der Waals surface area contributed by atoms with Gasteiger partial charge in [0.1, 0.15) is 6.10 Å². The molecule has 0 aromatic carbocycles. The summed E-state index contributed by atoms with van der Waals surface area (Å²) in [4.78, 5) is 12.5. The van der Waals surface area contributed by atoms with E-state index in [-0.39, 0.29) is 18.0 Å². The number of rotatable bonds is 16. The lowest BCUT2D eigenvalue weighted by atomic mass is 9.89. The van der Waals surface area contributed by atoms with Gasteiger partial charge >= 0.3 is 5.97 Å². The molecule has 0 aromatic rings. The summed E-state index contributed by atoms with van der Waals surface area (Å²) in [5, 5.41) is 0. The minimum absolute atomic E-state index is 0.117. The molecule has 2 nitrogen and oxygen atoms in total. The fourth-order valence-corrected chi connectivity index (χ4v) is 4.17. The molecular formula is C24H46O2. The number of hydrogen-bond donors (Lipinski definition) is 0. The maximum atomic E-state index is 12.5. The molecule has 0 aromatic heterocycles. The molecule has 1 aliphatic rings. The molecule has 0 aliphatic heterocycles. The summed E-state index contributed by atoms with van der Waals surface area (Å²) in [5.74, 6) is 0.312. The van der Waals surface area contributed by atoms with Crippen LogP contribution in [0.5, 0.6) is 0 Å². The Balaban J connectivity index is 2.27. The molecule has 0 atom stereocenters. The monoisotopic (exact) mass is 366 g/mol. The fraction of sp³-hybridized carbons (Fsp3) is 0.958. The van der Waals surface area contributed by atoms with Crippen LogP contribution in [0.4, 0.5) is 0 Å². The number of esters is 1. The van der Waals surface area contributed by atoms with Gasteiger partial charge in [0.15, 0.2) is 0 Å². The van der Waals surface area contributed by atoms with E-state index in [1.807, 2.05) is 0 Å². The van der Waals surface area contributed by atoms with Crippen LogP contribution in [0.15, 0.2) is 0 Å². The zero-order chi connectivity index (χ0) is 18.9. The number of carbonyl (C=O) groups excluding carboxylic acids is 1. The molecule has 154 valence electrons. The molecule has 1 aliphatic carbocycles. The molecule has 0 amide bonds. The Kier molecular flexibility index (Phi) is 15.0. The minimum atomic E-state index is 0.117. The summed E-state index contributed by atoms with van der Waals surface area (Å²) in [7, 11) is 0. The van der Waals surface area contributed by atoms with Crippen molar-refractivity contribution < 1.29 is 9.53 Å². The molecule has 2 heteroatoms. The first-order valence-electron chi connectivity index (χ1n) is 12.0. The normalized spacial score (nSPS) is 15.5. The van der Waals surface area contributed by atoms with Crippen molar-refractivity contribution in [2.24, 2.45) is 5.92 Å². The van der Waals surface area contributed by atoms with E-state index in [0.29, 0.717) is 0 Å². The van der Waals surface area contributed by atoms with E-state index < -0.39 is 0 Å². The lowest BCUT2D eigenvalue weighted by Crippen LogP contribution is -2.26. The second kappa shape index (κ2) is 16.6. The second-order valence-electron chi connectivity index (χ2n) is 8.51. The van der Waals surface area contributed by atoms with E-state index in [9.17, 15) is 4.79 Å². The molecule has 0 heterocycles. The zero-order valence-electron chi connectivity index (χ0n) is 17.9. The van der Waals surface area contributed by atoms with Crippen molar-refractivity contribution in [2.75, 3.05) is 0 Å². The number of hydrogen-bond acceptors (Lipinski definition) is 2. The molecular weight excluding hydrogens is 320 g/mol. The highest BCUT2D eigenvalue weighted by atomic mass is 16.5. The maximum Gasteiger partial charge on any atom is 0.309 e. The smallest absolute Gasteiger partial charge is 0.309 e. The highest BCUT2D eigenvalue weighted by molar-refractivity contribution is 5.72. The lowest BCUT2D eigenvalue weighted by Gasteiger charge is -2.24. The Bertz CT molecular complexity index is 304. The van der Waals surface area contributed by atoms with Crippen LogP contribution in [0.25, 0.3) is 0 Å². The maximum absolute atomic E-state index is 12.5. The second-order valence-corrected chi connectivity index (χ2v) is 8.51. The van der Waals surface area contributed by atoms with Crippen LogP contribution >= 0.6 is 0 Å². The SMILES string of the molecule is CCCCCCCCC(CCCCCCCC)OC(=O)C1CCCCC1. The Morgan fingerprint density at radius 3 is 1.69 bits per heavy atom. The molecule has 0 radical (unpaired) electrons. The van der Waals surface area contributed by atoms with Gasteiger partial charge in [-0.2, -0.15) is 0 Å². The van der Waals surface area contributed by atoms with Crippen LogP contribution in [0.2, 0.25) is 0 Å². The molecule has 0 unspecified atom stereocenters. The van der Waals surface area contributed by atoms with Crippen molar-refractivity contribution in [1.29, 1.82) is 0 Å². The summed E-state index contributed by atoms with van der Waals surface area (Å²) in [6.45, 7) is 4.53. The van der Waals surface area contributed by atoms with E-state index in [1.54, 1.807) is 0 Å². The average molecular weight is 367 g/mol. The van der Waals surface area contributed by atoms with E-state index in [2.05, 4.69) is 13.8 Å². The largest absolute Gasteiger partial charge is 0.462 e. The summed E-state index contributed by atoms with van der Waals surface area (Å²) >= 11 is 0. The standard InChI is InChI=1S/C24H46O2/c1-3-5-7-9-11-16-20-23(21-17-12-10-8-6-4-2)26-24(25)22-18-14-13-15-19-22/h22-23H,3-21H2,1-2H3. The van der Waals surface area contributed by atoms with Gasteiger partial charge in [0.2, 0.25) is 0 Å². The molecule has 0 N–H and O–H groups in total. The minimum Gasteiger partial charge on any atom is -0.462 e. The topological polar surface area (TPSA) is 26.3 Å². The van der Waals surface area contributed by atoms with Gasteiger partial charge in [-0.05, 0) is 38.5 Å². The highest BCUT2D eigenvalue weighted by Crippen LogP contribution is 2.26. The average Bonchev–Trinajstić information content (AvgIpc) is 2.67. The first-order chi connectivity index (χ1) is 12.8. The van der Waals surface area contributed by atoms with E-state index in [1.165, 1.54) is 96.3 Å². The molecule has 1 saturated carbocycles. The van der Waals surface area contributed by atoms with Crippen LogP contribution in [-0.4, -0.2) is 12.1 Å². The third-order valence-corrected chi connectivity index (χ3v) is 5.98. The van der Waals surface area contributed by atoms with Crippen LogP contribution in [-0.2, 0) is 9.53 Å². The van der Waals surface area contributed by atoms with Crippen LogP contribution in [0, 0.1) is 5.92 Å². The predicted octanol–water partition coefficient (Wildman–Crippen LogP) is 7.98. The Labute approximate surface area is 163 Å². The first-order valence-corrected chi connectivity index (χ1v) is 12.0. The molecule has 26 heavy (non-hydrogen) atoms. The number of ether oxygens (including phenoxy) is 1. The van der Waals surface area contributed by atoms with Gasteiger partial charge in [0.05, 0.1) is 5.92 Å². The summed E-state index contributed by atoms with van der Waals surface area (Å²) in [5.41, 5.74) is 0. The summed E-state index contributed by atoms with van der Waals surface area (Å²) in [6.07, 6.45) is 24.0. The van der Waals surface area contributed by atoms with Crippen LogP contribution in [0.1, 0.15) is 136 Å². The first kappa shape index (κ1) is 23.5. The van der Waals surface area contributed by atoms with Crippen molar-refractivity contribution in [1.82, 2.24) is 0 Å². The summed E-state index contributed by atoms with van der Waals surface area (Å²) in [6, 6.07) is 0. The quantitative estimate of drug-likeness (QED) is 0.204. The Morgan fingerprint density at radius 1 is 0.731 bits per heavy atom. The predicted molar refractivity (Wildman–Crippen MR) is 112 cm³/mol. The van der Waals surface area contributed by atoms with Crippen LogP contribution < -0.4 is 0 Å². The molecule has 1 fully saturated rings. The van der Waals surface area contributed by atoms with Gasteiger partial charge in [-0.25, -0.2) is 0 Å². The van der Waals surface area contributed by atoms with Crippen molar-refractivity contribution in [3.8, 4) is 0 Å². The van der Waals surface area contributed by atoms with Crippen molar-refractivity contribution in [2.45, 2.75) is 142 Å². The van der Waals surface area contributed by atoms with E-state index in [4.69, 9.17) is 4.74 Å². The van der Waals surface area contributed by atoms with Gasteiger partial charge in [-0.3, -0.25) is 4.79 Å². The van der Waals surface area contributed by atoms with E-state index >= 15 is 0 Å². The third-order valence-electron chi connectivity index (χ3n) is 5.98. The zero-order valence-corrected chi connectivity index (χ0v) is 17.9. The van der Waals surface area contributed by atoms with E-state index in [0.717, 1.165) is 25.7 Å². The fourth-order valence-electron chi connectivity index (χ4n) is 4.17. The number of unbranched alkanes of at least 4 members (excludes halogenated alkanes) is 10. The lowest BCUT2D eigenvalue weighted by molar-refractivity contribution is -0.156. The Hall–Kier alpha value is -0.530. The van der Waals surface area contributed by atoms with Crippen molar-refractivity contribution in [3.05, 3.63) is 0 Å². The van der Waals surface area contributed by atoms with Gasteiger partial charge in [0.25, 0.3) is 0 Å². The molecule has 0 saturated heterocycles. The molecule has 0 bridgehead atoms.